The fourth-order valence-electron chi connectivity index (χ4n) is 3.42. The number of nitrogens with two attached hydrogens (primary N) is 1. The maximum atomic E-state index is 12.5. The third kappa shape index (κ3) is 3.89. The molecule has 1 aromatic carbocycles. The first-order chi connectivity index (χ1) is 11.4. The van der Waals surface area contributed by atoms with Crippen LogP contribution in [0.2, 0.25) is 0 Å². The van der Waals surface area contributed by atoms with Crippen molar-refractivity contribution >= 4 is 27.1 Å². The number of nitrogens with one attached hydrogen (secondary N) is 1. The van der Waals surface area contributed by atoms with E-state index in [0.29, 0.717) is 18.8 Å². The molecule has 132 valence electrons. The summed E-state index contributed by atoms with van der Waals surface area (Å²) in [6.07, 6.45) is 4.57. The Morgan fingerprint density at radius 2 is 1.79 bits per heavy atom. The normalized spacial score (nSPS) is 22.8. The summed E-state index contributed by atoms with van der Waals surface area (Å²) in [5.74, 6) is 0.228. The van der Waals surface area contributed by atoms with Gasteiger partial charge < -0.3 is 16.0 Å². The largest absolute Gasteiger partial charge is 0.369 e. The molecule has 1 aromatic rings. The summed E-state index contributed by atoms with van der Waals surface area (Å²) < 4.78 is 23.1. The lowest BCUT2D eigenvalue weighted by atomic mass is 9.82. The number of hydrogen-bond acceptors (Lipinski definition) is 5. The van der Waals surface area contributed by atoms with Gasteiger partial charge >= 0.3 is 0 Å². The fraction of sp³-hybridized carbons (Fsp3) is 0.588. The second-order valence-corrected chi connectivity index (χ2v) is 9.16. The molecule has 7 heteroatoms. The van der Waals surface area contributed by atoms with E-state index in [1.54, 1.807) is 0 Å². The number of benzene rings is 1. The van der Waals surface area contributed by atoms with Gasteiger partial charge in [0.15, 0.2) is 9.84 Å². The summed E-state index contributed by atoms with van der Waals surface area (Å²) in [6, 6.07) is 7.54. The molecule has 2 aliphatic rings. The van der Waals surface area contributed by atoms with E-state index >= 15 is 0 Å². The second kappa shape index (κ2) is 6.72. The molecule has 3 rings (SSSR count). The van der Waals surface area contributed by atoms with Crippen molar-refractivity contribution in [2.75, 3.05) is 34.8 Å². The predicted molar refractivity (Wildman–Crippen MR) is 95.9 cm³/mol. The van der Waals surface area contributed by atoms with Gasteiger partial charge in [0.1, 0.15) is 0 Å². The standard InChI is InChI=1S/C17H25N3O3S/c18-17(7-2-1-3-8-17)16(21)19-14-5-4-6-15(13-14)20-9-11-24(22,23)12-10-20/h4-6,13H,1-3,7-12,18H2,(H,19,21). The summed E-state index contributed by atoms with van der Waals surface area (Å²) >= 11 is 0. The van der Waals surface area contributed by atoms with Crippen LogP contribution in [-0.2, 0) is 14.6 Å². The van der Waals surface area contributed by atoms with Crippen molar-refractivity contribution in [3.05, 3.63) is 24.3 Å². The highest BCUT2D eigenvalue weighted by molar-refractivity contribution is 7.91. The first kappa shape index (κ1) is 17.2. The number of amides is 1. The maximum Gasteiger partial charge on any atom is 0.244 e. The van der Waals surface area contributed by atoms with E-state index in [-0.39, 0.29) is 17.4 Å². The van der Waals surface area contributed by atoms with Crippen LogP contribution >= 0.6 is 0 Å². The Bertz CT molecular complexity index is 698. The smallest absolute Gasteiger partial charge is 0.244 e. The number of carbonyl (C=O) groups is 1. The van der Waals surface area contributed by atoms with Gasteiger partial charge in [-0.1, -0.05) is 25.3 Å². The van der Waals surface area contributed by atoms with Crippen molar-refractivity contribution < 1.29 is 13.2 Å². The third-order valence-electron chi connectivity index (χ3n) is 5.01. The SMILES string of the molecule is NC1(C(=O)Nc2cccc(N3CCS(=O)(=O)CC3)c2)CCCCC1. The monoisotopic (exact) mass is 351 g/mol. The van der Waals surface area contributed by atoms with Crippen LogP contribution in [0.25, 0.3) is 0 Å². The lowest BCUT2D eigenvalue weighted by Crippen LogP contribution is -2.52. The van der Waals surface area contributed by atoms with E-state index in [1.165, 1.54) is 0 Å². The van der Waals surface area contributed by atoms with Crippen LogP contribution in [0.4, 0.5) is 11.4 Å². The average Bonchev–Trinajstić information content (AvgIpc) is 2.56. The molecular formula is C17H25N3O3S. The summed E-state index contributed by atoms with van der Waals surface area (Å²) in [4.78, 5) is 14.6. The number of sulfone groups is 1. The molecule has 1 saturated carbocycles. The maximum absolute atomic E-state index is 12.5. The molecule has 0 bridgehead atoms. The molecule has 1 saturated heterocycles. The van der Waals surface area contributed by atoms with E-state index in [2.05, 4.69) is 5.32 Å². The first-order valence-corrected chi connectivity index (χ1v) is 10.4. The van der Waals surface area contributed by atoms with Crippen molar-refractivity contribution in [2.24, 2.45) is 5.73 Å². The molecule has 3 N–H and O–H groups in total. The van der Waals surface area contributed by atoms with Gasteiger partial charge in [-0.3, -0.25) is 4.79 Å². The topological polar surface area (TPSA) is 92.5 Å². The molecule has 0 spiro atoms. The molecule has 6 nitrogen and oxygen atoms in total. The van der Waals surface area contributed by atoms with E-state index in [9.17, 15) is 13.2 Å². The van der Waals surface area contributed by atoms with Gasteiger partial charge in [-0.2, -0.15) is 0 Å². The van der Waals surface area contributed by atoms with Crippen molar-refractivity contribution in [3.8, 4) is 0 Å². The van der Waals surface area contributed by atoms with Crippen molar-refractivity contribution in [3.63, 3.8) is 0 Å². The predicted octanol–water partition coefficient (Wildman–Crippen LogP) is 1.52. The zero-order valence-corrected chi connectivity index (χ0v) is 14.6. The Kier molecular flexibility index (Phi) is 4.83. The van der Waals surface area contributed by atoms with Gasteiger partial charge in [0.05, 0.1) is 17.0 Å². The van der Waals surface area contributed by atoms with Crippen LogP contribution in [0.3, 0.4) is 0 Å². The number of rotatable bonds is 3. The van der Waals surface area contributed by atoms with Crippen LogP contribution in [0.1, 0.15) is 32.1 Å². The van der Waals surface area contributed by atoms with E-state index in [1.807, 2.05) is 29.2 Å². The minimum Gasteiger partial charge on any atom is -0.369 e. The van der Waals surface area contributed by atoms with Gasteiger partial charge in [-0.05, 0) is 31.0 Å². The Labute approximate surface area is 143 Å². The van der Waals surface area contributed by atoms with Crippen LogP contribution in [-0.4, -0.2) is 44.5 Å². The van der Waals surface area contributed by atoms with E-state index in [0.717, 1.165) is 37.8 Å². The molecule has 1 heterocycles. The zero-order valence-electron chi connectivity index (χ0n) is 13.8. The Hall–Kier alpha value is -1.60. The third-order valence-corrected chi connectivity index (χ3v) is 6.62. The van der Waals surface area contributed by atoms with Crippen LogP contribution < -0.4 is 16.0 Å². The van der Waals surface area contributed by atoms with Gasteiger partial charge in [0, 0.05) is 24.5 Å². The van der Waals surface area contributed by atoms with Crippen LogP contribution in [0, 0.1) is 0 Å². The van der Waals surface area contributed by atoms with Crippen molar-refractivity contribution in [1.82, 2.24) is 0 Å². The quantitative estimate of drug-likeness (QED) is 0.861. The highest BCUT2D eigenvalue weighted by Gasteiger charge is 2.35. The number of anilines is 2. The molecule has 0 radical (unpaired) electrons. The molecule has 1 aliphatic heterocycles. The van der Waals surface area contributed by atoms with E-state index < -0.39 is 15.4 Å². The number of hydrogen-bond donors (Lipinski definition) is 2. The fourth-order valence-corrected chi connectivity index (χ4v) is 4.62. The second-order valence-electron chi connectivity index (χ2n) is 6.86. The molecule has 0 atom stereocenters. The van der Waals surface area contributed by atoms with Gasteiger partial charge in [-0.15, -0.1) is 0 Å². The van der Waals surface area contributed by atoms with Crippen LogP contribution in [0.15, 0.2) is 24.3 Å². The summed E-state index contributed by atoms with van der Waals surface area (Å²) in [7, 11) is -2.90. The number of nitrogens with zero attached hydrogens (tertiary/aromatic N) is 1. The van der Waals surface area contributed by atoms with Crippen molar-refractivity contribution in [1.29, 1.82) is 0 Å². The van der Waals surface area contributed by atoms with Gasteiger partial charge in [0.25, 0.3) is 0 Å². The number of carbonyl (C=O) groups excluding carboxylic acids is 1. The van der Waals surface area contributed by atoms with Crippen molar-refractivity contribution in [2.45, 2.75) is 37.6 Å². The average molecular weight is 351 g/mol. The highest BCUT2D eigenvalue weighted by Crippen LogP contribution is 2.28. The van der Waals surface area contributed by atoms with Gasteiger partial charge in [0.2, 0.25) is 5.91 Å². The molecule has 2 fully saturated rings. The van der Waals surface area contributed by atoms with Gasteiger partial charge in [-0.25, -0.2) is 8.42 Å². The Morgan fingerprint density at radius 1 is 1.12 bits per heavy atom. The molecule has 24 heavy (non-hydrogen) atoms. The zero-order chi connectivity index (χ0) is 17.2. The summed E-state index contributed by atoms with van der Waals surface area (Å²) in [6.45, 7) is 0.973. The molecule has 0 aromatic heterocycles. The summed E-state index contributed by atoms with van der Waals surface area (Å²) in [5, 5.41) is 2.94. The van der Waals surface area contributed by atoms with E-state index in [4.69, 9.17) is 5.73 Å². The Balaban J connectivity index is 1.68. The lowest BCUT2D eigenvalue weighted by molar-refractivity contribution is -0.122. The minimum absolute atomic E-state index is 0.124. The summed E-state index contributed by atoms with van der Waals surface area (Å²) in [5.41, 5.74) is 7.14. The minimum atomic E-state index is -2.90. The Morgan fingerprint density at radius 3 is 2.46 bits per heavy atom. The molecule has 1 amide bonds. The molecule has 1 aliphatic carbocycles. The molecule has 0 unspecified atom stereocenters. The first-order valence-electron chi connectivity index (χ1n) is 8.54. The molecular weight excluding hydrogens is 326 g/mol. The van der Waals surface area contributed by atoms with Crippen LogP contribution in [0.5, 0.6) is 0 Å². The highest BCUT2D eigenvalue weighted by atomic mass is 32.2. The lowest BCUT2D eigenvalue weighted by Gasteiger charge is -2.32.